The van der Waals surface area contributed by atoms with Gasteiger partial charge in [-0.05, 0) is 55.7 Å². The molecular weight excluding hydrogens is 452 g/mol. The summed E-state index contributed by atoms with van der Waals surface area (Å²) < 4.78 is 26.4. The number of carbonyl (C=O) groups excluding carboxylic acids is 1. The number of rotatable bonds is 8. The summed E-state index contributed by atoms with van der Waals surface area (Å²) in [6.45, 7) is 4.34. The highest BCUT2D eigenvalue weighted by Gasteiger charge is 2.22. The highest BCUT2D eigenvalue weighted by atomic mass is 32.2. The number of amides is 1. The zero-order valence-corrected chi connectivity index (χ0v) is 20.3. The van der Waals surface area contributed by atoms with Gasteiger partial charge in [0.05, 0.1) is 27.4 Å². The molecule has 7 heteroatoms. The standard InChI is InChI=1S/C26H26N2O3S2/c1-19-10-13-22(14-11-19)33(30,31)16-6-9-25(29)28(18-21-7-4-3-5-8-21)26-27-23-15-12-20(2)17-24(23)32-26/h3-5,7-8,10-15,17H,6,9,16,18H2,1-2H3. The van der Waals surface area contributed by atoms with E-state index in [1.165, 1.54) is 11.3 Å². The Hall–Kier alpha value is -3.03. The van der Waals surface area contributed by atoms with E-state index in [1.807, 2.05) is 56.3 Å². The predicted molar refractivity (Wildman–Crippen MR) is 134 cm³/mol. The lowest BCUT2D eigenvalue weighted by Crippen LogP contribution is -2.30. The maximum Gasteiger partial charge on any atom is 0.229 e. The van der Waals surface area contributed by atoms with Crippen LogP contribution in [-0.4, -0.2) is 25.1 Å². The number of thiazole rings is 1. The Morgan fingerprint density at radius 2 is 1.64 bits per heavy atom. The van der Waals surface area contributed by atoms with E-state index in [1.54, 1.807) is 29.2 Å². The van der Waals surface area contributed by atoms with Crippen LogP contribution in [0.5, 0.6) is 0 Å². The first kappa shape index (κ1) is 23.1. The number of fused-ring (bicyclic) bond motifs is 1. The van der Waals surface area contributed by atoms with Gasteiger partial charge in [-0.2, -0.15) is 0 Å². The molecular formula is C26H26N2O3S2. The molecule has 4 rings (SSSR count). The molecule has 0 aliphatic rings. The van der Waals surface area contributed by atoms with Crippen molar-refractivity contribution in [3.63, 3.8) is 0 Å². The third-order valence-electron chi connectivity index (χ3n) is 5.43. The van der Waals surface area contributed by atoms with Crippen LogP contribution in [0.2, 0.25) is 0 Å². The first-order valence-electron chi connectivity index (χ1n) is 10.8. The Labute approximate surface area is 198 Å². The fourth-order valence-corrected chi connectivity index (χ4v) is 5.97. The molecule has 3 aromatic carbocycles. The molecule has 0 atom stereocenters. The van der Waals surface area contributed by atoms with E-state index in [0.717, 1.165) is 26.9 Å². The normalized spacial score (nSPS) is 11.6. The van der Waals surface area contributed by atoms with Crippen LogP contribution in [0.25, 0.3) is 10.2 Å². The molecule has 0 saturated carbocycles. The van der Waals surface area contributed by atoms with E-state index in [9.17, 15) is 13.2 Å². The van der Waals surface area contributed by atoms with Gasteiger partial charge in [0.1, 0.15) is 0 Å². The number of nitrogens with zero attached hydrogens (tertiary/aromatic N) is 2. The minimum absolute atomic E-state index is 0.0694. The molecule has 1 aromatic heterocycles. The summed E-state index contributed by atoms with van der Waals surface area (Å²) in [6.07, 6.45) is 0.386. The molecule has 0 bridgehead atoms. The smallest absolute Gasteiger partial charge is 0.229 e. The van der Waals surface area contributed by atoms with Gasteiger partial charge in [-0.25, -0.2) is 13.4 Å². The lowest BCUT2D eigenvalue weighted by Gasteiger charge is -2.20. The molecule has 0 unspecified atom stereocenters. The summed E-state index contributed by atoms with van der Waals surface area (Å²) >= 11 is 1.48. The molecule has 0 aliphatic carbocycles. The summed E-state index contributed by atoms with van der Waals surface area (Å²) in [4.78, 5) is 19.9. The minimum atomic E-state index is -3.43. The first-order valence-corrected chi connectivity index (χ1v) is 13.3. The monoisotopic (exact) mass is 478 g/mol. The lowest BCUT2D eigenvalue weighted by atomic mass is 10.2. The quantitative estimate of drug-likeness (QED) is 0.326. The Bertz CT molecular complexity index is 1360. The van der Waals surface area contributed by atoms with Gasteiger partial charge in [-0.15, -0.1) is 0 Å². The van der Waals surface area contributed by atoms with Gasteiger partial charge >= 0.3 is 0 Å². The third-order valence-corrected chi connectivity index (χ3v) is 8.29. The largest absolute Gasteiger partial charge is 0.284 e. The molecule has 1 heterocycles. The molecule has 1 amide bonds. The number of hydrogen-bond acceptors (Lipinski definition) is 5. The van der Waals surface area contributed by atoms with Crippen LogP contribution >= 0.6 is 11.3 Å². The minimum Gasteiger partial charge on any atom is -0.284 e. The zero-order valence-electron chi connectivity index (χ0n) is 18.7. The van der Waals surface area contributed by atoms with Crippen molar-refractivity contribution in [3.8, 4) is 0 Å². The van der Waals surface area contributed by atoms with Gasteiger partial charge in [0.15, 0.2) is 15.0 Å². The average molecular weight is 479 g/mol. The fraction of sp³-hybridized carbons (Fsp3) is 0.231. The summed E-state index contributed by atoms with van der Waals surface area (Å²) in [5.74, 6) is -0.200. The molecule has 170 valence electrons. The second-order valence-electron chi connectivity index (χ2n) is 8.17. The van der Waals surface area contributed by atoms with Crippen molar-refractivity contribution in [1.29, 1.82) is 0 Å². The van der Waals surface area contributed by atoms with Crippen molar-refractivity contribution in [2.75, 3.05) is 10.7 Å². The Kier molecular flexibility index (Phi) is 6.91. The van der Waals surface area contributed by atoms with Gasteiger partial charge in [-0.1, -0.05) is 65.4 Å². The molecule has 0 spiro atoms. The Balaban J connectivity index is 1.52. The molecule has 33 heavy (non-hydrogen) atoms. The van der Waals surface area contributed by atoms with E-state index in [4.69, 9.17) is 0 Å². The number of benzene rings is 3. The van der Waals surface area contributed by atoms with Gasteiger partial charge in [0.25, 0.3) is 0 Å². The average Bonchev–Trinajstić information content (AvgIpc) is 3.21. The maximum absolute atomic E-state index is 13.3. The number of aryl methyl sites for hydroxylation is 2. The second-order valence-corrected chi connectivity index (χ2v) is 11.3. The van der Waals surface area contributed by atoms with Crippen LogP contribution in [-0.2, 0) is 21.2 Å². The van der Waals surface area contributed by atoms with Gasteiger partial charge < -0.3 is 0 Å². The van der Waals surface area contributed by atoms with Crippen LogP contribution in [0.4, 0.5) is 5.13 Å². The molecule has 4 aromatic rings. The van der Waals surface area contributed by atoms with E-state index in [-0.39, 0.29) is 24.5 Å². The Morgan fingerprint density at radius 3 is 2.36 bits per heavy atom. The van der Waals surface area contributed by atoms with E-state index < -0.39 is 9.84 Å². The van der Waals surface area contributed by atoms with Crippen LogP contribution in [0.15, 0.2) is 77.7 Å². The van der Waals surface area contributed by atoms with Crippen molar-refractivity contribution < 1.29 is 13.2 Å². The molecule has 0 radical (unpaired) electrons. The van der Waals surface area contributed by atoms with Crippen molar-refractivity contribution in [2.24, 2.45) is 0 Å². The predicted octanol–water partition coefficient (Wildman–Crippen LogP) is 5.70. The van der Waals surface area contributed by atoms with Crippen LogP contribution in [0.1, 0.15) is 29.5 Å². The molecule has 0 aliphatic heterocycles. The summed E-state index contributed by atoms with van der Waals surface area (Å²) in [6, 6.07) is 22.6. The van der Waals surface area contributed by atoms with Crippen LogP contribution < -0.4 is 4.90 Å². The maximum atomic E-state index is 13.3. The first-order chi connectivity index (χ1) is 15.8. The van der Waals surface area contributed by atoms with Crippen molar-refractivity contribution in [2.45, 2.75) is 38.1 Å². The summed E-state index contributed by atoms with van der Waals surface area (Å²) in [7, 11) is -3.43. The highest BCUT2D eigenvalue weighted by molar-refractivity contribution is 7.91. The van der Waals surface area contributed by atoms with E-state index >= 15 is 0 Å². The molecule has 5 nitrogen and oxygen atoms in total. The van der Waals surface area contributed by atoms with Crippen molar-refractivity contribution in [3.05, 3.63) is 89.5 Å². The lowest BCUT2D eigenvalue weighted by molar-refractivity contribution is -0.118. The summed E-state index contributed by atoms with van der Waals surface area (Å²) in [5, 5.41) is 0.630. The number of anilines is 1. The highest BCUT2D eigenvalue weighted by Crippen LogP contribution is 2.31. The molecule has 0 saturated heterocycles. The number of hydrogen-bond donors (Lipinski definition) is 0. The third kappa shape index (κ3) is 5.67. The molecule has 0 N–H and O–H groups in total. The number of carbonyl (C=O) groups is 1. The van der Waals surface area contributed by atoms with Gasteiger partial charge in [-0.3, -0.25) is 9.69 Å². The summed E-state index contributed by atoms with van der Waals surface area (Å²) in [5.41, 5.74) is 3.99. The SMILES string of the molecule is Cc1ccc(S(=O)(=O)CCCC(=O)N(Cc2ccccc2)c2nc3ccc(C)cc3s2)cc1. The van der Waals surface area contributed by atoms with Gasteiger partial charge in [0, 0.05) is 6.42 Å². The zero-order chi connectivity index (χ0) is 23.4. The number of aromatic nitrogens is 1. The van der Waals surface area contributed by atoms with E-state index in [0.29, 0.717) is 16.6 Å². The van der Waals surface area contributed by atoms with Crippen LogP contribution in [0, 0.1) is 13.8 Å². The topological polar surface area (TPSA) is 67.3 Å². The van der Waals surface area contributed by atoms with Crippen molar-refractivity contribution in [1.82, 2.24) is 4.98 Å². The second kappa shape index (κ2) is 9.85. The van der Waals surface area contributed by atoms with Gasteiger partial charge in [0.2, 0.25) is 5.91 Å². The van der Waals surface area contributed by atoms with Crippen molar-refractivity contribution >= 4 is 42.4 Å². The number of sulfone groups is 1. The Morgan fingerprint density at radius 1 is 0.939 bits per heavy atom. The van der Waals surface area contributed by atoms with Crippen LogP contribution in [0.3, 0.4) is 0 Å². The molecule has 0 fully saturated rings. The van der Waals surface area contributed by atoms with E-state index in [2.05, 4.69) is 11.1 Å². The fourth-order valence-electron chi connectivity index (χ4n) is 3.58.